The Balaban J connectivity index is 2.25. The van der Waals surface area contributed by atoms with Gasteiger partial charge < -0.3 is 14.6 Å². The van der Waals surface area contributed by atoms with E-state index >= 15 is 0 Å². The molecule has 0 saturated heterocycles. The third-order valence-corrected chi connectivity index (χ3v) is 3.96. The Morgan fingerprint density at radius 1 is 1.17 bits per heavy atom. The van der Waals surface area contributed by atoms with E-state index in [1.165, 1.54) is 0 Å². The van der Waals surface area contributed by atoms with Gasteiger partial charge in [0.15, 0.2) is 0 Å². The molecule has 1 atom stereocenters. The van der Waals surface area contributed by atoms with E-state index in [1.54, 1.807) is 4.90 Å². The number of aromatic nitrogens is 1. The van der Waals surface area contributed by atoms with Crippen molar-refractivity contribution in [1.82, 2.24) is 9.47 Å². The molecule has 0 fully saturated rings. The first-order valence-corrected chi connectivity index (χ1v) is 8.21. The molecule has 1 aromatic heterocycles. The molecule has 23 heavy (non-hydrogen) atoms. The summed E-state index contributed by atoms with van der Waals surface area (Å²) in [5.74, 6) is -0.0416. The van der Waals surface area contributed by atoms with Gasteiger partial charge in [-0.1, -0.05) is 37.3 Å². The first-order chi connectivity index (χ1) is 11.0. The molecular formula is C19H26N2O2. The molecule has 0 aliphatic carbocycles. The second-order valence-electron chi connectivity index (χ2n) is 6.13. The summed E-state index contributed by atoms with van der Waals surface area (Å²) in [6.07, 6.45) is 2.05. The second kappa shape index (κ2) is 7.97. The van der Waals surface area contributed by atoms with Crippen molar-refractivity contribution >= 4 is 5.91 Å². The lowest BCUT2D eigenvalue weighted by atomic mass is 10.1. The monoisotopic (exact) mass is 314 g/mol. The van der Waals surface area contributed by atoms with E-state index in [9.17, 15) is 9.90 Å². The largest absolute Gasteiger partial charge is 0.391 e. The molecule has 0 saturated carbocycles. The number of hydrogen-bond acceptors (Lipinski definition) is 2. The summed E-state index contributed by atoms with van der Waals surface area (Å²) in [4.78, 5) is 14.7. The van der Waals surface area contributed by atoms with Crippen LogP contribution in [-0.4, -0.2) is 33.1 Å². The maximum Gasteiger partial charge on any atom is 0.270 e. The van der Waals surface area contributed by atoms with Crippen molar-refractivity contribution in [2.75, 3.05) is 6.54 Å². The minimum Gasteiger partial charge on any atom is -0.391 e. The molecule has 2 aromatic rings. The number of nitrogens with zero attached hydrogens (tertiary/aromatic N) is 2. The van der Waals surface area contributed by atoms with E-state index in [0.717, 1.165) is 5.56 Å². The Labute approximate surface area is 138 Å². The van der Waals surface area contributed by atoms with Gasteiger partial charge in [-0.15, -0.1) is 0 Å². The van der Waals surface area contributed by atoms with Crippen molar-refractivity contribution in [3.8, 4) is 0 Å². The third kappa shape index (κ3) is 4.45. The Hall–Kier alpha value is -2.07. The minimum atomic E-state index is -0.509. The smallest absolute Gasteiger partial charge is 0.270 e. The van der Waals surface area contributed by atoms with Crippen molar-refractivity contribution in [1.29, 1.82) is 0 Å². The van der Waals surface area contributed by atoms with Crippen LogP contribution in [0.2, 0.25) is 0 Å². The van der Waals surface area contributed by atoms with Crippen molar-refractivity contribution in [3.63, 3.8) is 0 Å². The van der Waals surface area contributed by atoms with E-state index in [0.29, 0.717) is 25.2 Å². The fourth-order valence-electron chi connectivity index (χ4n) is 2.59. The summed E-state index contributed by atoms with van der Waals surface area (Å²) in [6.45, 7) is 6.87. The fraction of sp³-hybridized carbons (Fsp3) is 0.421. The summed E-state index contributed by atoms with van der Waals surface area (Å²) in [5, 5.41) is 10.0. The van der Waals surface area contributed by atoms with Gasteiger partial charge in [-0.2, -0.15) is 0 Å². The van der Waals surface area contributed by atoms with E-state index in [2.05, 4.69) is 13.8 Å². The first-order valence-electron chi connectivity index (χ1n) is 8.21. The Bertz CT molecular complexity index is 619. The van der Waals surface area contributed by atoms with E-state index in [-0.39, 0.29) is 11.9 Å². The molecule has 1 aromatic carbocycles. The third-order valence-electron chi connectivity index (χ3n) is 3.96. The van der Waals surface area contributed by atoms with Crippen LogP contribution >= 0.6 is 0 Å². The molecule has 1 heterocycles. The first kappa shape index (κ1) is 17.3. The van der Waals surface area contributed by atoms with Gasteiger partial charge in [0, 0.05) is 25.3 Å². The maximum atomic E-state index is 13.0. The van der Waals surface area contributed by atoms with Crippen LogP contribution in [-0.2, 0) is 6.54 Å². The molecule has 0 bridgehead atoms. The molecular weight excluding hydrogens is 288 g/mol. The number of carbonyl (C=O) groups excluding carboxylic acids is 1. The van der Waals surface area contributed by atoms with Gasteiger partial charge in [-0.05, 0) is 38.0 Å². The van der Waals surface area contributed by atoms with Gasteiger partial charge in [0.1, 0.15) is 5.69 Å². The minimum absolute atomic E-state index is 0.0416. The van der Waals surface area contributed by atoms with Crippen molar-refractivity contribution in [3.05, 3.63) is 59.9 Å². The van der Waals surface area contributed by atoms with Crippen LogP contribution in [0.3, 0.4) is 0 Å². The van der Waals surface area contributed by atoms with Gasteiger partial charge in [-0.25, -0.2) is 0 Å². The van der Waals surface area contributed by atoms with Crippen LogP contribution in [0.1, 0.15) is 49.3 Å². The molecule has 0 aliphatic rings. The van der Waals surface area contributed by atoms with E-state index in [4.69, 9.17) is 0 Å². The van der Waals surface area contributed by atoms with Crippen LogP contribution in [0.15, 0.2) is 48.7 Å². The molecule has 4 nitrogen and oxygen atoms in total. The number of aliphatic hydroxyl groups is 1. The average Bonchev–Trinajstić information content (AvgIpc) is 3.04. The predicted octanol–water partition coefficient (Wildman–Crippen LogP) is 3.48. The number of hydrogen-bond donors (Lipinski definition) is 1. The maximum absolute atomic E-state index is 13.0. The fourth-order valence-corrected chi connectivity index (χ4v) is 2.59. The molecule has 2 rings (SSSR count). The second-order valence-corrected chi connectivity index (χ2v) is 6.13. The van der Waals surface area contributed by atoms with E-state index in [1.807, 2.05) is 60.2 Å². The number of amides is 1. The van der Waals surface area contributed by atoms with Gasteiger partial charge >= 0.3 is 0 Å². The number of rotatable bonds is 7. The van der Waals surface area contributed by atoms with Crippen LogP contribution in [0.25, 0.3) is 0 Å². The normalized spacial score (nSPS) is 12.4. The van der Waals surface area contributed by atoms with Crippen LogP contribution in [0.4, 0.5) is 0 Å². The Kier molecular flexibility index (Phi) is 5.99. The zero-order valence-corrected chi connectivity index (χ0v) is 14.1. The molecule has 0 aliphatic heterocycles. The summed E-state index contributed by atoms with van der Waals surface area (Å²) < 4.78 is 1.97. The van der Waals surface area contributed by atoms with Gasteiger partial charge in [0.05, 0.1) is 6.10 Å². The van der Waals surface area contributed by atoms with Gasteiger partial charge in [0.2, 0.25) is 0 Å². The summed E-state index contributed by atoms with van der Waals surface area (Å²) >= 11 is 0. The average molecular weight is 314 g/mol. The molecule has 124 valence electrons. The van der Waals surface area contributed by atoms with Crippen molar-refractivity contribution in [2.24, 2.45) is 0 Å². The molecule has 1 N–H and O–H groups in total. The zero-order valence-electron chi connectivity index (χ0n) is 14.1. The Morgan fingerprint density at radius 3 is 2.48 bits per heavy atom. The summed E-state index contributed by atoms with van der Waals surface area (Å²) in [7, 11) is 0. The van der Waals surface area contributed by atoms with E-state index < -0.39 is 6.10 Å². The topological polar surface area (TPSA) is 45.5 Å². The number of aliphatic hydroxyl groups excluding tert-OH is 1. The zero-order chi connectivity index (χ0) is 16.8. The quantitative estimate of drug-likeness (QED) is 0.850. The number of benzene rings is 1. The SMILES string of the molecule is CCC(O)CN(Cc1ccccc1)C(=O)c1cccn1C(C)C. The highest BCUT2D eigenvalue weighted by atomic mass is 16.3. The molecule has 1 unspecified atom stereocenters. The van der Waals surface area contributed by atoms with Crippen LogP contribution in [0, 0.1) is 0 Å². The lowest BCUT2D eigenvalue weighted by Gasteiger charge is -2.26. The lowest BCUT2D eigenvalue weighted by Crippen LogP contribution is -2.38. The lowest BCUT2D eigenvalue weighted by molar-refractivity contribution is 0.0587. The molecule has 1 amide bonds. The van der Waals surface area contributed by atoms with Gasteiger partial charge in [-0.3, -0.25) is 4.79 Å². The highest BCUT2D eigenvalue weighted by molar-refractivity contribution is 5.92. The highest BCUT2D eigenvalue weighted by Crippen LogP contribution is 2.16. The van der Waals surface area contributed by atoms with Gasteiger partial charge in [0.25, 0.3) is 5.91 Å². The highest BCUT2D eigenvalue weighted by Gasteiger charge is 2.22. The molecule has 4 heteroatoms. The van der Waals surface area contributed by atoms with Crippen molar-refractivity contribution < 1.29 is 9.90 Å². The summed E-state index contributed by atoms with van der Waals surface area (Å²) in [6, 6.07) is 13.8. The molecule has 0 spiro atoms. The molecule has 0 radical (unpaired) electrons. The predicted molar refractivity (Wildman–Crippen MR) is 92.3 cm³/mol. The number of carbonyl (C=O) groups is 1. The summed E-state index contributed by atoms with van der Waals surface area (Å²) in [5.41, 5.74) is 1.73. The van der Waals surface area contributed by atoms with Crippen LogP contribution < -0.4 is 0 Å². The Morgan fingerprint density at radius 2 is 1.87 bits per heavy atom. The standard InChI is InChI=1S/C19H26N2O2/c1-4-17(22)14-20(13-16-9-6-5-7-10-16)19(23)18-11-8-12-21(18)15(2)3/h5-12,15,17,22H,4,13-14H2,1-3H3. The van der Waals surface area contributed by atoms with Crippen molar-refractivity contribution in [2.45, 2.75) is 45.9 Å². The van der Waals surface area contributed by atoms with Crippen LogP contribution in [0.5, 0.6) is 0 Å².